The number of methoxy groups -OCH3 is 1. The molecule has 82 valence electrons. The van der Waals surface area contributed by atoms with Gasteiger partial charge in [-0.05, 0) is 27.6 Å². The van der Waals surface area contributed by atoms with Crippen molar-refractivity contribution in [1.29, 1.82) is 0 Å². The minimum Gasteiger partial charge on any atom is -0.503 e. The Bertz CT molecular complexity index is 395. The van der Waals surface area contributed by atoms with Crippen molar-refractivity contribution in [2.75, 3.05) is 13.7 Å². The van der Waals surface area contributed by atoms with Gasteiger partial charge in [-0.15, -0.1) is 0 Å². The fourth-order valence-corrected chi connectivity index (χ4v) is 2.50. The van der Waals surface area contributed by atoms with E-state index in [0.717, 1.165) is 11.1 Å². The molecule has 2 rings (SSSR count). The van der Waals surface area contributed by atoms with Gasteiger partial charge in [0.1, 0.15) is 0 Å². The summed E-state index contributed by atoms with van der Waals surface area (Å²) < 4.78 is 5.56. The quantitative estimate of drug-likeness (QED) is 0.722. The molecule has 1 aliphatic heterocycles. The Hall–Kier alpha value is -0.780. The van der Waals surface area contributed by atoms with Gasteiger partial charge < -0.3 is 20.3 Å². The topological polar surface area (TPSA) is 61.7 Å². The van der Waals surface area contributed by atoms with Crippen LogP contribution in [0.1, 0.15) is 17.2 Å². The molecule has 1 unspecified atom stereocenters. The number of β-amino-alcohol motifs (C(OH)–C–C–N with tert-alkyl or cyclic N) is 1. The lowest BCUT2D eigenvalue weighted by Crippen LogP contribution is -2.28. The lowest BCUT2D eigenvalue weighted by atomic mass is 9.98. The van der Waals surface area contributed by atoms with Gasteiger partial charge >= 0.3 is 0 Å². The van der Waals surface area contributed by atoms with E-state index in [-0.39, 0.29) is 5.75 Å². The predicted octanol–water partition coefficient (Wildman–Crippen LogP) is 1.30. The lowest BCUT2D eigenvalue weighted by molar-refractivity contribution is 0.163. The number of fused-ring (bicyclic) bond motifs is 1. The summed E-state index contributed by atoms with van der Waals surface area (Å²) >= 11 is 3.28. The van der Waals surface area contributed by atoms with E-state index < -0.39 is 6.10 Å². The van der Waals surface area contributed by atoms with E-state index >= 15 is 0 Å². The minimum absolute atomic E-state index is 0.0391. The number of phenolic OH excluding ortho intramolecular Hbond substituents is 1. The fourth-order valence-electron chi connectivity index (χ4n) is 1.79. The van der Waals surface area contributed by atoms with Crippen LogP contribution >= 0.6 is 15.9 Å². The molecule has 5 heteroatoms. The molecule has 1 aromatic carbocycles. The molecule has 0 saturated heterocycles. The number of benzene rings is 1. The number of rotatable bonds is 1. The minimum atomic E-state index is -0.597. The van der Waals surface area contributed by atoms with Crippen molar-refractivity contribution in [3.05, 3.63) is 21.7 Å². The van der Waals surface area contributed by atoms with Crippen molar-refractivity contribution in [1.82, 2.24) is 5.32 Å². The van der Waals surface area contributed by atoms with Crippen LogP contribution in [0.15, 0.2) is 10.5 Å². The largest absolute Gasteiger partial charge is 0.503 e. The molecular weight excluding hydrogens is 262 g/mol. The molecule has 1 heterocycles. The maximum Gasteiger partial charge on any atom is 0.172 e. The number of aromatic hydroxyl groups is 1. The summed E-state index contributed by atoms with van der Waals surface area (Å²) in [4.78, 5) is 0. The van der Waals surface area contributed by atoms with Crippen molar-refractivity contribution in [2.24, 2.45) is 0 Å². The molecule has 3 N–H and O–H groups in total. The molecule has 0 saturated carbocycles. The van der Waals surface area contributed by atoms with Gasteiger partial charge in [0.2, 0.25) is 0 Å². The van der Waals surface area contributed by atoms with Crippen LogP contribution in [-0.4, -0.2) is 23.9 Å². The SMILES string of the molecule is COc1cc2c(c(Br)c1O)C(O)CNC2. The third-order valence-electron chi connectivity index (χ3n) is 2.54. The Morgan fingerprint density at radius 1 is 1.60 bits per heavy atom. The molecule has 0 aromatic heterocycles. The molecular formula is C10H12BrNO3. The Morgan fingerprint density at radius 2 is 2.33 bits per heavy atom. The number of nitrogens with one attached hydrogen (secondary N) is 1. The number of hydrogen-bond donors (Lipinski definition) is 3. The highest BCUT2D eigenvalue weighted by Crippen LogP contribution is 2.42. The number of hydrogen-bond acceptors (Lipinski definition) is 4. The number of phenols is 1. The molecule has 0 amide bonds. The van der Waals surface area contributed by atoms with Crippen molar-refractivity contribution in [3.63, 3.8) is 0 Å². The van der Waals surface area contributed by atoms with Crippen LogP contribution in [0.2, 0.25) is 0 Å². The summed E-state index contributed by atoms with van der Waals surface area (Å²) in [6.45, 7) is 1.17. The highest BCUT2D eigenvalue weighted by Gasteiger charge is 2.24. The molecule has 1 atom stereocenters. The van der Waals surface area contributed by atoms with Gasteiger partial charge in [0, 0.05) is 18.7 Å². The summed E-state index contributed by atoms with van der Waals surface area (Å²) in [6.07, 6.45) is -0.597. The van der Waals surface area contributed by atoms with Crippen LogP contribution < -0.4 is 10.1 Å². The molecule has 0 radical (unpaired) electrons. The van der Waals surface area contributed by atoms with Crippen molar-refractivity contribution in [3.8, 4) is 11.5 Å². The average molecular weight is 274 g/mol. The number of aliphatic hydroxyl groups is 1. The first kappa shape index (κ1) is 10.7. The number of halogens is 1. The van der Waals surface area contributed by atoms with Crippen LogP contribution in [-0.2, 0) is 6.54 Å². The molecule has 1 aliphatic rings. The Labute approximate surface area is 96.0 Å². The van der Waals surface area contributed by atoms with Gasteiger partial charge in [-0.1, -0.05) is 0 Å². The smallest absolute Gasteiger partial charge is 0.172 e. The van der Waals surface area contributed by atoms with Crippen LogP contribution in [0.25, 0.3) is 0 Å². The molecule has 15 heavy (non-hydrogen) atoms. The van der Waals surface area contributed by atoms with Gasteiger partial charge in [-0.25, -0.2) is 0 Å². The zero-order valence-electron chi connectivity index (χ0n) is 8.25. The average Bonchev–Trinajstić information content (AvgIpc) is 2.23. The molecule has 1 aromatic rings. The highest BCUT2D eigenvalue weighted by atomic mass is 79.9. The Kier molecular flexibility index (Phi) is 2.86. The Morgan fingerprint density at radius 3 is 3.00 bits per heavy atom. The third kappa shape index (κ3) is 1.71. The monoisotopic (exact) mass is 273 g/mol. The van der Waals surface area contributed by atoms with E-state index in [1.807, 2.05) is 0 Å². The fraction of sp³-hybridized carbons (Fsp3) is 0.400. The summed E-state index contributed by atoms with van der Waals surface area (Å²) in [5.74, 6) is 0.453. The summed E-state index contributed by atoms with van der Waals surface area (Å²) in [5, 5.41) is 22.6. The summed E-state index contributed by atoms with van der Waals surface area (Å²) in [7, 11) is 1.50. The van der Waals surface area contributed by atoms with E-state index in [9.17, 15) is 10.2 Å². The number of ether oxygens (including phenoxy) is 1. The van der Waals surface area contributed by atoms with Crippen LogP contribution in [0, 0.1) is 0 Å². The van der Waals surface area contributed by atoms with Gasteiger partial charge in [0.05, 0.1) is 17.7 Å². The Balaban J connectivity index is 2.61. The maximum absolute atomic E-state index is 9.79. The highest BCUT2D eigenvalue weighted by molar-refractivity contribution is 9.10. The van der Waals surface area contributed by atoms with E-state index in [0.29, 0.717) is 23.3 Å². The maximum atomic E-state index is 9.79. The zero-order valence-corrected chi connectivity index (χ0v) is 9.84. The van der Waals surface area contributed by atoms with E-state index in [1.165, 1.54) is 7.11 Å². The van der Waals surface area contributed by atoms with E-state index in [1.54, 1.807) is 6.07 Å². The molecule has 4 nitrogen and oxygen atoms in total. The van der Waals surface area contributed by atoms with E-state index in [2.05, 4.69) is 21.2 Å². The second kappa shape index (κ2) is 4.00. The lowest BCUT2D eigenvalue weighted by Gasteiger charge is -2.25. The van der Waals surface area contributed by atoms with Gasteiger partial charge in [-0.2, -0.15) is 0 Å². The van der Waals surface area contributed by atoms with Crippen LogP contribution in [0.3, 0.4) is 0 Å². The second-order valence-electron chi connectivity index (χ2n) is 3.46. The standard InChI is InChI=1S/C10H12BrNO3/c1-15-7-2-5-3-12-4-6(13)8(5)9(11)10(7)14/h2,6,12-14H,3-4H2,1H3. The second-order valence-corrected chi connectivity index (χ2v) is 4.25. The first-order valence-corrected chi connectivity index (χ1v) is 5.41. The zero-order chi connectivity index (χ0) is 11.0. The van der Waals surface area contributed by atoms with Crippen molar-refractivity contribution >= 4 is 15.9 Å². The predicted molar refractivity (Wildman–Crippen MR) is 59.0 cm³/mol. The first-order chi connectivity index (χ1) is 7.15. The molecule has 0 fully saturated rings. The first-order valence-electron chi connectivity index (χ1n) is 4.62. The van der Waals surface area contributed by atoms with Crippen molar-refractivity contribution in [2.45, 2.75) is 12.6 Å². The summed E-state index contributed by atoms with van der Waals surface area (Å²) in [6, 6.07) is 1.74. The molecule has 0 aliphatic carbocycles. The third-order valence-corrected chi connectivity index (χ3v) is 3.34. The summed E-state index contributed by atoms with van der Waals surface area (Å²) in [5.41, 5.74) is 1.68. The van der Waals surface area contributed by atoms with Gasteiger partial charge in [0.25, 0.3) is 0 Å². The van der Waals surface area contributed by atoms with E-state index in [4.69, 9.17) is 4.74 Å². The van der Waals surface area contributed by atoms with Crippen LogP contribution in [0.5, 0.6) is 11.5 Å². The van der Waals surface area contributed by atoms with Crippen molar-refractivity contribution < 1.29 is 14.9 Å². The van der Waals surface area contributed by atoms with Crippen LogP contribution in [0.4, 0.5) is 0 Å². The molecule has 0 spiro atoms. The normalized spacial score (nSPS) is 19.8. The van der Waals surface area contributed by atoms with Gasteiger partial charge in [0.15, 0.2) is 11.5 Å². The molecule has 0 bridgehead atoms. The van der Waals surface area contributed by atoms with Gasteiger partial charge in [-0.3, -0.25) is 0 Å². The number of aliphatic hydroxyl groups excluding tert-OH is 1.